The summed E-state index contributed by atoms with van der Waals surface area (Å²) in [5.41, 5.74) is 0.674. The maximum atomic E-state index is 13.5. The highest BCUT2D eigenvalue weighted by atomic mass is 35.5. The van der Waals surface area contributed by atoms with Gasteiger partial charge in [-0.25, -0.2) is 8.42 Å². The summed E-state index contributed by atoms with van der Waals surface area (Å²) in [4.78, 5) is 15.2. The van der Waals surface area contributed by atoms with E-state index >= 15 is 0 Å². The number of hydrogen-bond donors (Lipinski definition) is 0. The van der Waals surface area contributed by atoms with Gasteiger partial charge in [-0.1, -0.05) is 49.2 Å². The predicted molar refractivity (Wildman–Crippen MR) is 116 cm³/mol. The standard InChI is InChI=1S/C21H27Cl2NO4S/c1-4-28-16-7-5-14(6-8-16)12-24(15-9-10-29(26,27)13-15)20(25)19-17(11-18(22)23)21(19,2)3/h5-8,11,15,17,19H,4,9-10,12-13H2,1-3H3. The number of hydrogen-bond acceptors (Lipinski definition) is 4. The molecule has 3 atom stereocenters. The fourth-order valence-corrected chi connectivity index (χ4v) is 6.24. The molecule has 0 spiro atoms. The van der Waals surface area contributed by atoms with Crippen LogP contribution >= 0.6 is 23.2 Å². The molecule has 160 valence electrons. The molecule has 1 heterocycles. The number of carbonyl (C=O) groups excluding carboxylic acids is 1. The lowest BCUT2D eigenvalue weighted by atomic mass is 10.1. The number of allylic oxidation sites excluding steroid dienone is 1. The SMILES string of the molecule is CCOc1ccc(CN(C(=O)C2C(C=C(Cl)Cl)C2(C)C)C2CCS(=O)(=O)C2)cc1. The van der Waals surface area contributed by atoms with Gasteiger partial charge in [0.05, 0.1) is 24.0 Å². The molecule has 0 N–H and O–H groups in total. The second-order valence-corrected chi connectivity index (χ2v) is 11.6. The molecule has 3 unspecified atom stereocenters. The highest BCUT2D eigenvalue weighted by molar-refractivity contribution is 7.91. The Labute approximate surface area is 182 Å². The Morgan fingerprint density at radius 1 is 1.28 bits per heavy atom. The van der Waals surface area contributed by atoms with Gasteiger partial charge in [0.25, 0.3) is 0 Å². The van der Waals surface area contributed by atoms with Gasteiger partial charge in [0.2, 0.25) is 5.91 Å². The zero-order chi connectivity index (χ0) is 21.4. The maximum absolute atomic E-state index is 13.5. The van der Waals surface area contributed by atoms with Crippen molar-refractivity contribution in [2.45, 2.75) is 39.8 Å². The third-order valence-electron chi connectivity index (χ3n) is 6.00. The number of rotatable bonds is 7. The minimum atomic E-state index is -3.11. The van der Waals surface area contributed by atoms with Crippen LogP contribution in [0.3, 0.4) is 0 Å². The quantitative estimate of drug-likeness (QED) is 0.612. The van der Waals surface area contributed by atoms with Gasteiger partial charge >= 0.3 is 0 Å². The molecule has 3 rings (SSSR count). The van der Waals surface area contributed by atoms with E-state index in [0.29, 0.717) is 19.6 Å². The lowest BCUT2D eigenvalue weighted by Gasteiger charge is -2.29. The van der Waals surface area contributed by atoms with Crippen LogP contribution in [-0.4, -0.2) is 43.4 Å². The van der Waals surface area contributed by atoms with Crippen molar-refractivity contribution in [3.05, 3.63) is 40.4 Å². The van der Waals surface area contributed by atoms with E-state index in [0.717, 1.165) is 11.3 Å². The van der Waals surface area contributed by atoms with E-state index in [1.54, 1.807) is 11.0 Å². The predicted octanol–water partition coefficient (Wildman–Crippen LogP) is 4.19. The maximum Gasteiger partial charge on any atom is 0.227 e. The topological polar surface area (TPSA) is 63.7 Å². The molecule has 1 aliphatic carbocycles. The van der Waals surface area contributed by atoms with Crippen LogP contribution in [0.4, 0.5) is 0 Å². The molecule has 1 amide bonds. The largest absolute Gasteiger partial charge is 0.494 e. The molecule has 29 heavy (non-hydrogen) atoms. The summed E-state index contributed by atoms with van der Waals surface area (Å²) in [6.07, 6.45) is 2.18. The smallest absolute Gasteiger partial charge is 0.227 e. The minimum absolute atomic E-state index is 0.0136. The molecule has 0 radical (unpaired) electrons. The molecule has 1 saturated carbocycles. The molecule has 1 aromatic carbocycles. The number of halogens is 2. The van der Waals surface area contributed by atoms with Gasteiger partial charge in [0, 0.05) is 12.6 Å². The van der Waals surface area contributed by atoms with Gasteiger partial charge in [-0.3, -0.25) is 4.79 Å². The first-order valence-electron chi connectivity index (χ1n) is 9.80. The minimum Gasteiger partial charge on any atom is -0.494 e. The van der Waals surface area contributed by atoms with Gasteiger partial charge in [-0.05, 0) is 48.4 Å². The molecule has 2 aliphatic rings. The van der Waals surface area contributed by atoms with Crippen LogP contribution in [-0.2, 0) is 21.2 Å². The van der Waals surface area contributed by atoms with Crippen LogP contribution in [0.15, 0.2) is 34.8 Å². The summed E-state index contributed by atoms with van der Waals surface area (Å²) in [7, 11) is -3.11. The van der Waals surface area contributed by atoms with E-state index in [4.69, 9.17) is 27.9 Å². The van der Waals surface area contributed by atoms with E-state index in [1.807, 2.05) is 45.0 Å². The lowest BCUT2D eigenvalue weighted by Crippen LogP contribution is -2.42. The molecule has 1 aliphatic heterocycles. The van der Waals surface area contributed by atoms with Gasteiger partial charge in [-0.2, -0.15) is 0 Å². The highest BCUT2D eigenvalue weighted by Crippen LogP contribution is 2.60. The molecular formula is C21H27Cl2NO4S. The molecule has 0 bridgehead atoms. The van der Waals surface area contributed by atoms with Crippen molar-refractivity contribution < 1.29 is 17.9 Å². The van der Waals surface area contributed by atoms with Crippen LogP contribution in [0.25, 0.3) is 0 Å². The van der Waals surface area contributed by atoms with Gasteiger partial charge in [0.15, 0.2) is 9.84 Å². The van der Waals surface area contributed by atoms with Crippen molar-refractivity contribution in [2.75, 3.05) is 18.1 Å². The average molecular weight is 460 g/mol. The van der Waals surface area contributed by atoms with Crippen LogP contribution < -0.4 is 4.74 Å². The normalized spacial score (nSPS) is 26.6. The first-order valence-corrected chi connectivity index (χ1v) is 12.4. The summed E-state index contributed by atoms with van der Waals surface area (Å²) in [6.45, 7) is 6.88. The van der Waals surface area contributed by atoms with Gasteiger partial charge in [0.1, 0.15) is 10.2 Å². The monoisotopic (exact) mass is 459 g/mol. The number of ether oxygens (including phenoxy) is 1. The number of benzene rings is 1. The number of nitrogens with zero attached hydrogens (tertiary/aromatic N) is 1. The third kappa shape index (κ3) is 5.09. The van der Waals surface area contributed by atoms with Crippen LogP contribution in [0.1, 0.15) is 32.8 Å². The highest BCUT2D eigenvalue weighted by Gasteiger charge is 2.62. The molecule has 8 heteroatoms. The first kappa shape index (κ1) is 22.4. The van der Waals surface area contributed by atoms with Gasteiger partial charge < -0.3 is 9.64 Å². The van der Waals surface area contributed by atoms with Crippen molar-refractivity contribution in [2.24, 2.45) is 17.3 Å². The Bertz CT molecular complexity index is 892. The van der Waals surface area contributed by atoms with Crippen LogP contribution in [0.5, 0.6) is 5.75 Å². The zero-order valence-electron chi connectivity index (χ0n) is 16.9. The second kappa shape index (κ2) is 8.48. The van der Waals surface area contributed by atoms with E-state index in [1.165, 1.54) is 0 Å². The van der Waals surface area contributed by atoms with Crippen molar-refractivity contribution in [1.29, 1.82) is 0 Å². The molecular weight excluding hydrogens is 433 g/mol. The molecule has 1 saturated heterocycles. The molecule has 5 nitrogen and oxygen atoms in total. The summed E-state index contributed by atoms with van der Waals surface area (Å²) in [6, 6.07) is 7.26. The number of sulfone groups is 1. The summed E-state index contributed by atoms with van der Waals surface area (Å²) < 4.78 is 29.7. The van der Waals surface area contributed by atoms with Crippen LogP contribution in [0.2, 0.25) is 0 Å². The Hall–Kier alpha value is -1.24. The van der Waals surface area contributed by atoms with Crippen LogP contribution in [0, 0.1) is 17.3 Å². The Kier molecular flexibility index (Phi) is 6.56. The van der Waals surface area contributed by atoms with E-state index in [9.17, 15) is 13.2 Å². The molecule has 2 fully saturated rings. The average Bonchev–Trinajstić information content (AvgIpc) is 2.96. The van der Waals surface area contributed by atoms with Crippen molar-refractivity contribution >= 4 is 38.9 Å². The third-order valence-corrected chi connectivity index (χ3v) is 8.00. The van der Waals surface area contributed by atoms with Crippen molar-refractivity contribution in [1.82, 2.24) is 4.90 Å². The second-order valence-electron chi connectivity index (χ2n) is 8.38. The molecule has 1 aromatic rings. The fourth-order valence-electron chi connectivity index (χ4n) is 4.24. The van der Waals surface area contributed by atoms with Crippen molar-refractivity contribution in [3.8, 4) is 5.75 Å². The first-order chi connectivity index (χ1) is 13.5. The van der Waals surface area contributed by atoms with Crippen molar-refractivity contribution in [3.63, 3.8) is 0 Å². The molecule has 0 aromatic heterocycles. The lowest BCUT2D eigenvalue weighted by molar-refractivity contribution is -0.136. The summed E-state index contributed by atoms with van der Waals surface area (Å²) in [5, 5.41) is 0. The Balaban J connectivity index is 1.84. The zero-order valence-corrected chi connectivity index (χ0v) is 19.2. The summed E-state index contributed by atoms with van der Waals surface area (Å²) >= 11 is 11.7. The Morgan fingerprint density at radius 2 is 1.93 bits per heavy atom. The fraction of sp³-hybridized carbons (Fsp3) is 0.571. The van der Waals surface area contributed by atoms with E-state index in [-0.39, 0.29) is 45.2 Å². The number of amides is 1. The Morgan fingerprint density at radius 3 is 2.45 bits per heavy atom. The van der Waals surface area contributed by atoms with Gasteiger partial charge in [-0.15, -0.1) is 0 Å². The number of carbonyl (C=O) groups is 1. The van der Waals surface area contributed by atoms with E-state index in [2.05, 4.69) is 0 Å². The van der Waals surface area contributed by atoms with E-state index < -0.39 is 9.84 Å². The summed E-state index contributed by atoms with van der Waals surface area (Å²) in [5.74, 6) is 0.543.